The zero-order valence-electron chi connectivity index (χ0n) is 11.6. The number of hydrogen-bond donors (Lipinski definition) is 1. The number of carbonyl (C=O) groups excluding carboxylic acids is 1. The van der Waals surface area contributed by atoms with Crippen molar-refractivity contribution in [1.82, 2.24) is 0 Å². The minimum absolute atomic E-state index is 0.192. The highest BCUT2D eigenvalue weighted by Crippen LogP contribution is 2.42. The lowest BCUT2D eigenvalue weighted by Crippen LogP contribution is -2.36. The van der Waals surface area contributed by atoms with E-state index in [1.54, 1.807) is 14.2 Å². The second-order valence-electron chi connectivity index (χ2n) is 5.21. The van der Waals surface area contributed by atoms with Gasteiger partial charge in [-0.15, -0.1) is 0 Å². The Bertz CT molecular complexity index is 464. The second kappa shape index (κ2) is 5.51. The van der Waals surface area contributed by atoms with Crippen molar-refractivity contribution in [2.75, 3.05) is 14.2 Å². The van der Waals surface area contributed by atoms with Crippen molar-refractivity contribution in [3.63, 3.8) is 0 Å². The van der Waals surface area contributed by atoms with Crippen LogP contribution < -0.4 is 15.2 Å². The predicted octanol–water partition coefficient (Wildman–Crippen LogP) is 2.29. The van der Waals surface area contributed by atoms with Crippen LogP contribution in [0.3, 0.4) is 0 Å². The highest BCUT2D eigenvalue weighted by Gasteiger charge is 2.40. The molecule has 0 unspecified atom stereocenters. The van der Waals surface area contributed by atoms with Crippen LogP contribution in [0.5, 0.6) is 11.5 Å². The standard InChI is InChI=1S/C15H21NO3/c1-18-12-6-5-11(13(9-12)19-2)10-15(14(16)17)7-3-4-8-15/h5-6,9H,3-4,7-8,10H2,1-2H3,(H2,16,17). The molecule has 4 heteroatoms. The molecule has 0 heterocycles. The lowest BCUT2D eigenvalue weighted by molar-refractivity contribution is -0.127. The van der Waals surface area contributed by atoms with Gasteiger partial charge >= 0.3 is 0 Å². The van der Waals surface area contributed by atoms with E-state index in [0.717, 1.165) is 42.7 Å². The summed E-state index contributed by atoms with van der Waals surface area (Å²) in [4.78, 5) is 11.8. The van der Waals surface area contributed by atoms with Gasteiger partial charge < -0.3 is 15.2 Å². The van der Waals surface area contributed by atoms with Crippen LogP contribution in [-0.2, 0) is 11.2 Å². The summed E-state index contributed by atoms with van der Waals surface area (Å²) in [5.41, 5.74) is 6.24. The molecular formula is C15H21NO3. The largest absolute Gasteiger partial charge is 0.497 e. The Hall–Kier alpha value is -1.71. The Morgan fingerprint density at radius 3 is 2.47 bits per heavy atom. The fourth-order valence-electron chi connectivity index (χ4n) is 2.92. The van der Waals surface area contributed by atoms with Crippen molar-refractivity contribution in [2.45, 2.75) is 32.1 Å². The van der Waals surface area contributed by atoms with Gasteiger partial charge in [0.25, 0.3) is 0 Å². The number of amides is 1. The van der Waals surface area contributed by atoms with Gasteiger partial charge in [0.2, 0.25) is 5.91 Å². The quantitative estimate of drug-likeness (QED) is 0.886. The topological polar surface area (TPSA) is 61.5 Å². The van der Waals surface area contributed by atoms with Crippen LogP contribution in [0.25, 0.3) is 0 Å². The van der Waals surface area contributed by atoms with Gasteiger partial charge in [0.15, 0.2) is 0 Å². The summed E-state index contributed by atoms with van der Waals surface area (Å²) in [6.07, 6.45) is 4.54. The van der Waals surface area contributed by atoms with Crippen molar-refractivity contribution >= 4 is 5.91 Å². The SMILES string of the molecule is COc1ccc(CC2(C(N)=O)CCCC2)c(OC)c1. The van der Waals surface area contributed by atoms with E-state index in [9.17, 15) is 4.79 Å². The van der Waals surface area contributed by atoms with Crippen LogP contribution in [0.1, 0.15) is 31.2 Å². The summed E-state index contributed by atoms with van der Waals surface area (Å²) >= 11 is 0. The molecule has 1 fully saturated rings. The fourth-order valence-corrected chi connectivity index (χ4v) is 2.92. The summed E-state index contributed by atoms with van der Waals surface area (Å²) in [6, 6.07) is 5.70. The molecule has 1 aromatic carbocycles. The highest BCUT2D eigenvalue weighted by molar-refractivity contribution is 5.81. The van der Waals surface area contributed by atoms with Crippen LogP contribution in [0.2, 0.25) is 0 Å². The molecule has 4 nitrogen and oxygen atoms in total. The van der Waals surface area contributed by atoms with Crippen LogP contribution >= 0.6 is 0 Å². The lowest BCUT2D eigenvalue weighted by atomic mass is 9.79. The van der Waals surface area contributed by atoms with E-state index >= 15 is 0 Å². The normalized spacial score (nSPS) is 17.2. The first-order chi connectivity index (χ1) is 9.11. The van der Waals surface area contributed by atoms with Gasteiger partial charge in [-0.3, -0.25) is 4.79 Å². The summed E-state index contributed by atoms with van der Waals surface area (Å²) < 4.78 is 10.6. The molecule has 1 amide bonds. The maximum absolute atomic E-state index is 11.8. The Labute approximate surface area is 113 Å². The van der Waals surface area contributed by atoms with Gasteiger partial charge in [-0.2, -0.15) is 0 Å². The number of carbonyl (C=O) groups is 1. The number of primary amides is 1. The molecule has 0 aliphatic heterocycles. The number of ether oxygens (including phenoxy) is 2. The monoisotopic (exact) mass is 263 g/mol. The number of rotatable bonds is 5. The van der Waals surface area contributed by atoms with E-state index in [2.05, 4.69) is 0 Å². The van der Waals surface area contributed by atoms with Gasteiger partial charge in [-0.1, -0.05) is 18.9 Å². The molecule has 0 saturated heterocycles. The van der Waals surface area contributed by atoms with Crippen molar-refractivity contribution in [2.24, 2.45) is 11.1 Å². The van der Waals surface area contributed by atoms with Gasteiger partial charge in [0, 0.05) is 6.07 Å². The Kier molecular flexibility index (Phi) is 3.98. The molecule has 1 saturated carbocycles. The van der Waals surface area contributed by atoms with Gasteiger partial charge in [-0.05, 0) is 30.9 Å². The number of benzene rings is 1. The number of hydrogen-bond acceptors (Lipinski definition) is 3. The van der Waals surface area contributed by atoms with E-state index < -0.39 is 5.41 Å². The van der Waals surface area contributed by atoms with E-state index in [1.807, 2.05) is 18.2 Å². The van der Waals surface area contributed by atoms with Crippen molar-refractivity contribution in [1.29, 1.82) is 0 Å². The molecule has 1 aliphatic carbocycles. The number of methoxy groups -OCH3 is 2. The zero-order valence-corrected chi connectivity index (χ0v) is 11.6. The Morgan fingerprint density at radius 1 is 1.26 bits per heavy atom. The molecule has 104 valence electrons. The van der Waals surface area contributed by atoms with Crippen LogP contribution in [0.15, 0.2) is 18.2 Å². The third-order valence-electron chi connectivity index (χ3n) is 4.11. The van der Waals surface area contributed by atoms with E-state index in [1.165, 1.54) is 0 Å². The van der Waals surface area contributed by atoms with Crippen molar-refractivity contribution in [3.05, 3.63) is 23.8 Å². The maximum atomic E-state index is 11.8. The molecule has 0 radical (unpaired) electrons. The number of nitrogens with two attached hydrogens (primary N) is 1. The molecule has 0 spiro atoms. The Balaban J connectivity index is 2.29. The van der Waals surface area contributed by atoms with Crippen LogP contribution in [0.4, 0.5) is 0 Å². The van der Waals surface area contributed by atoms with E-state index in [-0.39, 0.29) is 5.91 Å². The zero-order chi connectivity index (χ0) is 13.9. The summed E-state index contributed by atoms with van der Waals surface area (Å²) in [5, 5.41) is 0. The van der Waals surface area contributed by atoms with E-state index in [4.69, 9.17) is 15.2 Å². The molecule has 0 atom stereocenters. The Morgan fingerprint density at radius 2 is 1.95 bits per heavy atom. The highest BCUT2D eigenvalue weighted by atomic mass is 16.5. The van der Waals surface area contributed by atoms with Gasteiger partial charge in [0.1, 0.15) is 11.5 Å². The predicted molar refractivity (Wildman–Crippen MR) is 73.3 cm³/mol. The van der Waals surface area contributed by atoms with Crippen molar-refractivity contribution < 1.29 is 14.3 Å². The molecule has 2 N–H and O–H groups in total. The molecule has 1 aromatic rings. The third kappa shape index (κ3) is 2.67. The molecular weight excluding hydrogens is 242 g/mol. The molecule has 1 aliphatic rings. The van der Waals surface area contributed by atoms with Crippen LogP contribution in [0, 0.1) is 5.41 Å². The smallest absolute Gasteiger partial charge is 0.223 e. The maximum Gasteiger partial charge on any atom is 0.223 e. The fraction of sp³-hybridized carbons (Fsp3) is 0.533. The molecule has 0 aromatic heterocycles. The molecule has 19 heavy (non-hydrogen) atoms. The molecule has 0 bridgehead atoms. The van der Waals surface area contributed by atoms with Crippen molar-refractivity contribution in [3.8, 4) is 11.5 Å². The second-order valence-corrected chi connectivity index (χ2v) is 5.21. The minimum atomic E-state index is -0.401. The van der Waals surface area contributed by atoms with Crippen LogP contribution in [-0.4, -0.2) is 20.1 Å². The molecule has 2 rings (SSSR count). The summed E-state index contributed by atoms with van der Waals surface area (Å²) in [6.45, 7) is 0. The van der Waals surface area contributed by atoms with E-state index in [0.29, 0.717) is 6.42 Å². The first-order valence-corrected chi connectivity index (χ1v) is 6.62. The average Bonchev–Trinajstić information content (AvgIpc) is 2.89. The average molecular weight is 263 g/mol. The lowest BCUT2D eigenvalue weighted by Gasteiger charge is -2.26. The summed E-state index contributed by atoms with van der Waals surface area (Å²) in [5.74, 6) is 1.31. The van der Waals surface area contributed by atoms with Gasteiger partial charge in [-0.25, -0.2) is 0 Å². The third-order valence-corrected chi connectivity index (χ3v) is 4.11. The van der Waals surface area contributed by atoms with Gasteiger partial charge in [0.05, 0.1) is 19.6 Å². The summed E-state index contributed by atoms with van der Waals surface area (Å²) in [7, 11) is 3.25. The first-order valence-electron chi connectivity index (χ1n) is 6.62. The minimum Gasteiger partial charge on any atom is -0.497 e. The first kappa shape index (κ1) is 13.7.